The highest BCUT2D eigenvalue weighted by atomic mass is 19.1. The number of H-pyrrole nitrogens is 1. The Morgan fingerprint density at radius 3 is 3.07 bits per heavy atom. The molecule has 2 N–H and O–H groups in total. The van der Waals surface area contributed by atoms with E-state index >= 15 is 0 Å². The van der Waals surface area contributed by atoms with Crippen molar-refractivity contribution in [1.82, 2.24) is 9.97 Å². The normalized spacial score (nSPS) is 10.3. The van der Waals surface area contributed by atoms with Gasteiger partial charge in [0.2, 0.25) is 0 Å². The predicted octanol–water partition coefficient (Wildman–Crippen LogP) is 2.47. The summed E-state index contributed by atoms with van der Waals surface area (Å²) in [6.45, 7) is 2.32. The van der Waals surface area contributed by atoms with Crippen molar-refractivity contribution in [2.45, 2.75) is 13.5 Å². The number of halogens is 1. The number of hydrogen-bond donors (Lipinski definition) is 2. The van der Waals surface area contributed by atoms with Crippen LogP contribution in [0.25, 0.3) is 0 Å². The van der Waals surface area contributed by atoms with Crippen molar-refractivity contribution in [3.8, 4) is 0 Å². The first-order valence-electron chi connectivity index (χ1n) is 4.74. The zero-order chi connectivity index (χ0) is 10.7. The lowest BCUT2D eigenvalue weighted by molar-refractivity contribution is 0.619. The van der Waals surface area contributed by atoms with Crippen molar-refractivity contribution in [3.05, 3.63) is 47.8 Å². The lowest BCUT2D eigenvalue weighted by atomic mass is 10.2. The summed E-state index contributed by atoms with van der Waals surface area (Å²) in [6.07, 6.45) is 3.45. The van der Waals surface area contributed by atoms with Crippen LogP contribution in [-0.2, 0) is 6.54 Å². The Labute approximate surface area is 87.4 Å². The van der Waals surface area contributed by atoms with Crippen LogP contribution in [0, 0.1) is 12.7 Å². The molecule has 0 bridgehead atoms. The van der Waals surface area contributed by atoms with Gasteiger partial charge >= 0.3 is 0 Å². The second-order valence-corrected chi connectivity index (χ2v) is 3.30. The molecule has 0 spiro atoms. The number of nitrogens with zero attached hydrogens (tertiary/aromatic N) is 1. The number of imidazole rings is 1. The summed E-state index contributed by atoms with van der Waals surface area (Å²) in [5.74, 6) is 0.637. The Morgan fingerprint density at radius 2 is 2.33 bits per heavy atom. The first-order valence-corrected chi connectivity index (χ1v) is 4.74. The van der Waals surface area contributed by atoms with Crippen molar-refractivity contribution in [3.63, 3.8) is 0 Å². The molecule has 78 valence electrons. The van der Waals surface area contributed by atoms with E-state index in [2.05, 4.69) is 15.3 Å². The van der Waals surface area contributed by atoms with Crippen LogP contribution in [-0.4, -0.2) is 9.97 Å². The average molecular weight is 205 g/mol. The van der Waals surface area contributed by atoms with Gasteiger partial charge < -0.3 is 10.3 Å². The van der Waals surface area contributed by atoms with Crippen molar-refractivity contribution >= 4 is 5.69 Å². The lowest BCUT2D eigenvalue weighted by Crippen LogP contribution is -2.03. The third kappa shape index (κ3) is 2.15. The van der Waals surface area contributed by atoms with E-state index in [1.807, 2.05) is 6.07 Å². The molecule has 0 atom stereocenters. The molecule has 2 aromatic rings. The van der Waals surface area contributed by atoms with Crippen LogP contribution in [0.5, 0.6) is 0 Å². The molecule has 4 heteroatoms. The van der Waals surface area contributed by atoms with Crippen LogP contribution >= 0.6 is 0 Å². The van der Waals surface area contributed by atoms with E-state index < -0.39 is 0 Å². The van der Waals surface area contributed by atoms with Gasteiger partial charge in [0.25, 0.3) is 0 Å². The number of benzene rings is 1. The zero-order valence-corrected chi connectivity index (χ0v) is 8.42. The maximum Gasteiger partial charge on any atom is 0.128 e. The molecule has 0 aliphatic heterocycles. The van der Waals surface area contributed by atoms with E-state index in [0.717, 1.165) is 11.5 Å². The van der Waals surface area contributed by atoms with Crippen LogP contribution < -0.4 is 5.32 Å². The number of hydrogen-bond acceptors (Lipinski definition) is 2. The number of anilines is 1. The molecule has 1 heterocycles. The number of nitrogens with one attached hydrogen (secondary N) is 2. The maximum atomic E-state index is 13.2. The quantitative estimate of drug-likeness (QED) is 0.808. The van der Waals surface area contributed by atoms with Crippen molar-refractivity contribution in [2.75, 3.05) is 5.32 Å². The van der Waals surface area contributed by atoms with E-state index in [9.17, 15) is 4.39 Å². The molecule has 0 saturated heterocycles. The molecule has 0 unspecified atom stereocenters. The number of rotatable bonds is 3. The highest BCUT2D eigenvalue weighted by molar-refractivity contribution is 5.50. The van der Waals surface area contributed by atoms with Crippen molar-refractivity contribution in [1.29, 1.82) is 0 Å². The Balaban J connectivity index is 2.08. The van der Waals surface area contributed by atoms with E-state index in [4.69, 9.17) is 0 Å². The van der Waals surface area contributed by atoms with Gasteiger partial charge in [-0.3, -0.25) is 0 Å². The van der Waals surface area contributed by atoms with Crippen LogP contribution in [0.15, 0.2) is 30.6 Å². The Kier molecular flexibility index (Phi) is 2.67. The van der Waals surface area contributed by atoms with Crippen molar-refractivity contribution in [2.24, 2.45) is 0 Å². The second-order valence-electron chi connectivity index (χ2n) is 3.30. The largest absolute Gasteiger partial charge is 0.378 e. The van der Waals surface area contributed by atoms with Gasteiger partial charge in [-0.15, -0.1) is 0 Å². The Bertz CT molecular complexity index is 437. The average Bonchev–Trinajstić information content (AvgIpc) is 2.73. The Hall–Kier alpha value is -1.84. The van der Waals surface area contributed by atoms with Gasteiger partial charge in [-0.1, -0.05) is 6.07 Å². The van der Waals surface area contributed by atoms with Crippen LogP contribution in [0.4, 0.5) is 10.1 Å². The summed E-state index contributed by atoms with van der Waals surface area (Å²) >= 11 is 0. The first kappa shape index (κ1) is 9.71. The minimum atomic E-state index is -0.195. The summed E-state index contributed by atoms with van der Waals surface area (Å²) in [7, 11) is 0. The first-order chi connectivity index (χ1) is 7.27. The van der Waals surface area contributed by atoms with Gasteiger partial charge in [0.1, 0.15) is 11.6 Å². The predicted molar refractivity (Wildman–Crippen MR) is 57.1 cm³/mol. The fourth-order valence-corrected chi connectivity index (χ4v) is 1.37. The molecule has 0 aliphatic rings. The standard InChI is InChI=1S/C11H12FN3/c1-8-9(12)3-2-4-10(8)15-7-11-13-5-6-14-11/h2-6,15H,7H2,1H3,(H,13,14). The molecule has 2 rings (SSSR count). The molecular weight excluding hydrogens is 193 g/mol. The van der Waals surface area contributed by atoms with E-state index in [1.165, 1.54) is 6.07 Å². The molecular formula is C11H12FN3. The Morgan fingerprint density at radius 1 is 1.47 bits per heavy atom. The summed E-state index contributed by atoms with van der Waals surface area (Å²) in [5, 5.41) is 3.12. The maximum absolute atomic E-state index is 13.2. The molecule has 0 fully saturated rings. The van der Waals surface area contributed by atoms with Gasteiger partial charge in [-0.25, -0.2) is 9.37 Å². The summed E-state index contributed by atoms with van der Waals surface area (Å²) < 4.78 is 13.2. The summed E-state index contributed by atoms with van der Waals surface area (Å²) in [5.41, 5.74) is 1.43. The van der Waals surface area contributed by atoms with Gasteiger partial charge in [0, 0.05) is 23.6 Å². The van der Waals surface area contributed by atoms with Crippen LogP contribution in [0.1, 0.15) is 11.4 Å². The monoisotopic (exact) mass is 205 g/mol. The topological polar surface area (TPSA) is 40.7 Å². The molecule has 0 amide bonds. The third-order valence-electron chi connectivity index (χ3n) is 2.27. The highest BCUT2D eigenvalue weighted by Gasteiger charge is 2.02. The van der Waals surface area contributed by atoms with Crippen LogP contribution in [0.2, 0.25) is 0 Å². The van der Waals surface area contributed by atoms with Gasteiger partial charge in [-0.05, 0) is 19.1 Å². The van der Waals surface area contributed by atoms with Gasteiger partial charge in [0.15, 0.2) is 0 Å². The third-order valence-corrected chi connectivity index (χ3v) is 2.27. The fourth-order valence-electron chi connectivity index (χ4n) is 1.37. The molecule has 3 nitrogen and oxygen atoms in total. The van der Waals surface area contributed by atoms with E-state index in [1.54, 1.807) is 25.4 Å². The van der Waals surface area contributed by atoms with Gasteiger partial charge in [0.05, 0.1) is 6.54 Å². The van der Waals surface area contributed by atoms with Crippen LogP contribution in [0.3, 0.4) is 0 Å². The molecule has 1 aromatic carbocycles. The minimum Gasteiger partial charge on any atom is -0.378 e. The number of aromatic nitrogens is 2. The molecule has 1 aromatic heterocycles. The fraction of sp³-hybridized carbons (Fsp3) is 0.182. The zero-order valence-electron chi connectivity index (χ0n) is 8.42. The minimum absolute atomic E-state index is 0.195. The van der Waals surface area contributed by atoms with E-state index in [0.29, 0.717) is 12.1 Å². The smallest absolute Gasteiger partial charge is 0.128 e. The SMILES string of the molecule is Cc1c(F)cccc1NCc1ncc[nH]1. The highest BCUT2D eigenvalue weighted by Crippen LogP contribution is 2.17. The van der Waals surface area contributed by atoms with Crippen molar-refractivity contribution < 1.29 is 4.39 Å². The summed E-state index contributed by atoms with van der Waals surface area (Å²) in [6, 6.07) is 4.99. The molecule has 0 aliphatic carbocycles. The molecule has 0 radical (unpaired) electrons. The lowest BCUT2D eigenvalue weighted by Gasteiger charge is -2.08. The second kappa shape index (κ2) is 4.13. The van der Waals surface area contributed by atoms with Gasteiger partial charge in [-0.2, -0.15) is 0 Å². The summed E-state index contributed by atoms with van der Waals surface area (Å²) in [4.78, 5) is 7.05. The van der Waals surface area contributed by atoms with E-state index in [-0.39, 0.29) is 5.82 Å². The number of aromatic amines is 1. The molecule has 0 saturated carbocycles. The molecule has 15 heavy (non-hydrogen) atoms.